The first kappa shape index (κ1) is 21.3. The summed E-state index contributed by atoms with van der Waals surface area (Å²) < 4.78 is 39.1. The van der Waals surface area contributed by atoms with E-state index in [4.69, 9.17) is 0 Å². The van der Waals surface area contributed by atoms with E-state index in [9.17, 15) is 18.0 Å². The fourth-order valence-corrected chi connectivity index (χ4v) is 6.59. The van der Waals surface area contributed by atoms with Gasteiger partial charge in [0.2, 0.25) is 0 Å². The molecule has 2 bridgehead atoms. The molecular weight excluding hydrogens is 437 g/mol. The van der Waals surface area contributed by atoms with Crippen LogP contribution in [-0.4, -0.2) is 5.91 Å². The lowest BCUT2D eigenvalue weighted by molar-refractivity contribution is -0.137. The van der Waals surface area contributed by atoms with E-state index in [0.717, 1.165) is 17.8 Å². The number of anilines is 2. The van der Waals surface area contributed by atoms with Gasteiger partial charge in [-0.2, -0.15) is 13.2 Å². The van der Waals surface area contributed by atoms with Gasteiger partial charge in [-0.3, -0.25) is 4.79 Å². The van der Waals surface area contributed by atoms with Crippen molar-refractivity contribution >= 4 is 17.3 Å². The number of nitrogens with one attached hydrogen (secondary N) is 2. The Labute approximate surface area is 196 Å². The van der Waals surface area contributed by atoms with Crippen LogP contribution >= 0.6 is 0 Å². The molecule has 1 aliphatic heterocycles. The van der Waals surface area contributed by atoms with Crippen molar-refractivity contribution in [3.05, 3.63) is 95.1 Å². The van der Waals surface area contributed by atoms with Crippen molar-refractivity contribution in [2.24, 2.45) is 17.8 Å². The standard InChI is InChI=1S/C28H25F3N2O/c29-28(30,31)20-7-4-8-21(15-20)32-27(34)19-11-12-23-22(14-19)24-17-9-10-18(13-17)25(24)26(33-23)16-5-2-1-3-6-16/h1-8,11-12,14-15,17-18,24-26,33H,9-10,13H2,(H,32,34)/t17-,18-,24-,25+,26+/m0/s1. The molecular formula is C28H25F3N2O. The second-order valence-electron chi connectivity index (χ2n) is 9.80. The zero-order valence-corrected chi connectivity index (χ0v) is 18.5. The highest BCUT2D eigenvalue weighted by Gasteiger charge is 2.53. The van der Waals surface area contributed by atoms with Crippen molar-refractivity contribution in [1.29, 1.82) is 0 Å². The van der Waals surface area contributed by atoms with Crippen molar-refractivity contribution in [2.45, 2.75) is 37.4 Å². The molecule has 0 unspecified atom stereocenters. The van der Waals surface area contributed by atoms with Crippen molar-refractivity contribution in [2.75, 3.05) is 10.6 Å². The molecule has 3 nitrogen and oxygen atoms in total. The number of hydrogen-bond donors (Lipinski definition) is 2. The smallest absolute Gasteiger partial charge is 0.378 e. The van der Waals surface area contributed by atoms with Crippen LogP contribution in [0.25, 0.3) is 0 Å². The first-order chi connectivity index (χ1) is 16.4. The van der Waals surface area contributed by atoms with Gasteiger partial charge in [0.05, 0.1) is 11.6 Å². The first-order valence-electron chi connectivity index (χ1n) is 11.8. The molecule has 2 aliphatic carbocycles. The summed E-state index contributed by atoms with van der Waals surface area (Å²) in [6.45, 7) is 0. The lowest BCUT2D eigenvalue weighted by Crippen LogP contribution is -2.35. The SMILES string of the molecule is O=C(Nc1cccc(C(F)(F)F)c1)c1ccc2c(c1)[C@@H]1[C@H]3CC[C@@H](C3)[C@H]1[C@@H](c1ccccc1)N2. The van der Waals surface area contributed by atoms with Gasteiger partial charge in [-0.05, 0) is 90.5 Å². The minimum atomic E-state index is -4.45. The molecule has 3 aromatic carbocycles. The zero-order valence-electron chi connectivity index (χ0n) is 18.5. The molecule has 6 heteroatoms. The third-order valence-electron chi connectivity index (χ3n) is 7.96. The maximum atomic E-state index is 13.0. The number of alkyl halides is 3. The quantitative estimate of drug-likeness (QED) is 0.430. The second kappa shape index (κ2) is 7.90. The highest BCUT2D eigenvalue weighted by atomic mass is 19.4. The van der Waals surface area contributed by atoms with Crippen molar-refractivity contribution in [3.63, 3.8) is 0 Å². The molecule has 1 amide bonds. The van der Waals surface area contributed by atoms with Gasteiger partial charge in [-0.25, -0.2) is 0 Å². The van der Waals surface area contributed by atoms with E-state index in [1.54, 1.807) is 6.07 Å². The summed E-state index contributed by atoms with van der Waals surface area (Å²) in [5.41, 5.74) is 3.34. The normalized spacial score (nSPS) is 27.0. The molecule has 0 aromatic heterocycles. The molecule has 34 heavy (non-hydrogen) atoms. The number of fused-ring (bicyclic) bond motifs is 7. The molecule has 3 aromatic rings. The zero-order chi connectivity index (χ0) is 23.4. The molecule has 0 spiro atoms. The molecule has 0 radical (unpaired) electrons. The average Bonchev–Trinajstić information content (AvgIpc) is 3.46. The summed E-state index contributed by atoms with van der Waals surface area (Å²) in [6.07, 6.45) is -0.764. The molecule has 5 atom stereocenters. The Bertz CT molecular complexity index is 1240. The van der Waals surface area contributed by atoms with E-state index in [1.807, 2.05) is 18.2 Å². The van der Waals surface area contributed by atoms with Crippen LogP contribution in [0.15, 0.2) is 72.8 Å². The minimum Gasteiger partial charge on any atom is -0.378 e. The molecule has 2 fully saturated rings. The molecule has 2 saturated carbocycles. The Morgan fingerprint density at radius 1 is 0.912 bits per heavy atom. The van der Waals surface area contributed by atoms with Crippen LogP contribution < -0.4 is 10.6 Å². The van der Waals surface area contributed by atoms with Crippen molar-refractivity contribution < 1.29 is 18.0 Å². The van der Waals surface area contributed by atoms with Crippen LogP contribution in [0.3, 0.4) is 0 Å². The van der Waals surface area contributed by atoms with E-state index in [2.05, 4.69) is 34.9 Å². The maximum Gasteiger partial charge on any atom is 0.416 e. The van der Waals surface area contributed by atoms with Gasteiger partial charge in [-0.1, -0.05) is 36.4 Å². The molecule has 2 N–H and O–H groups in total. The third-order valence-corrected chi connectivity index (χ3v) is 7.96. The summed E-state index contributed by atoms with van der Waals surface area (Å²) in [5, 5.41) is 6.40. The monoisotopic (exact) mass is 462 g/mol. The second-order valence-corrected chi connectivity index (χ2v) is 9.80. The van der Waals surface area contributed by atoms with E-state index in [1.165, 1.54) is 42.5 Å². The van der Waals surface area contributed by atoms with Gasteiger partial charge in [-0.15, -0.1) is 0 Å². The van der Waals surface area contributed by atoms with E-state index in [-0.39, 0.29) is 11.7 Å². The predicted octanol–water partition coefficient (Wildman–Crippen LogP) is 7.25. The largest absolute Gasteiger partial charge is 0.416 e. The van der Waals surface area contributed by atoms with Crippen LogP contribution in [0.4, 0.5) is 24.5 Å². The van der Waals surface area contributed by atoms with E-state index < -0.39 is 17.6 Å². The molecule has 0 saturated heterocycles. The van der Waals surface area contributed by atoms with Gasteiger partial charge < -0.3 is 10.6 Å². The van der Waals surface area contributed by atoms with Gasteiger partial charge in [0.15, 0.2) is 0 Å². The molecule has 1 heterocycles. The Hall–Kier alpha value is -3.28. The number of amides is 1. The maximum absolute atomic E-state index is 13.0. The van der Waals surface area contributed by atoms with Crippen LogP contribution in [0.2, 0.25) is 0 Å². The highest BCUT2D eigenvalue weighted by Crippen LogP contribution is 2.63. The number of benzene rings is 3. The average molecular weight is 463 g/mol. The fourth-order valence-electron chi connectivity index (χ4n) is 6.59. The Kier molecular flexibility index (Phi) is 4.94. The van der Waals surface area contributed by atoms with Crippen molar-refractivity contribution in [3.8, 4) is 0 Å². The third kappa shape index (κ3) is 3.56. The summed E-state index contributed by atoms with van der Waals surface area (Å²) in [5.74, 6) is 1.76. The number of carbonyl (C=O) groups is 1. The van der Waals surface area contributed by atoms with Gasteiger partial charge in [0, 0.05) is 16.9 Å². The highest BCUT2D eigenvalue weighted by molar-refractivity contribution is 6.04. The lowest BCUT2D eigenvalue weighted by Gasteiger charge is -2.43. The van der Waals surface area contributed by atoms with Crippen LogP contribution in [0.5, 0.6) is 0 Å². The van der Waals surface area contributed by atoms with Crippen molar-refractivity contribution in [1.82, 2.24) is 0 Å². The van der Waals surface area contributed by atoms with Gasteiger partial charge in [0.25, 0.3) is 5.91 Å². The summed E-state index contributed by atoms with van der Waals surface area (Å²) in [7, 11) is 0. The number of carbonyl (C=O) groups excluding carboxylic acids is 1. The topological polar surface area (TPSA) is 41.1 Å². The number of halogens is 3. The minimum absolute atomic E-state index is 0.137. The van der Waals surface area contributed by atoms with Gasteiger partial charge in [0.1, 0.15) is 0 Å². The first-order valence-corrected chi connectivity index (χ1v) is 11.8. The van der Waals surface area contributed by atoms with Gasteiger partial charge >= 0.3 is 6.18 Å². The lowest BCUT2D eigenvalue weighted by atomic mass is 9.68. The number of rotatable bonds is 3. The Morgan fingerprint density at radius 2 is 1.71 bits per heavy atom. The Morgan fingerprint density at radius 3 is 2.50 bits per heavy atom. The van der Waals surface area contributed by atoms with Crippen LogP contribution in [-0.2, 0) is 6.18 Å². The summed E-state index contributed by atoms with van der Waals surface area (Å²) in [6, 6.07) is 21.2. The Balaban J connectivity index is 1.31. The fraction of sp³-hybridized carbons (Fsp3) is 0.321. The molecule has 174 valence electrons. The van der Waals surface area contributed by atoms with E-state index in [0.29, 0.717) is 29.2 Å². The number of hydrogen-bond acceptors (Lipinski definition) is 2. The summed E-state index contributed by atoms with van der Waals surface area (Å²) >= 11 is 0. The van der Waals surface area contributed by atoms with E-state index >= 15 is 0 Å². The molecule has 3 aliphatic rings. The predicted molar refractivity (Wildman–Crippen MR) is 126 cm³/mol. The van der Waals surface area contributed by atoms with Crippen LogP contribution in [0, 0.1) is 17.8 Å². The molecule has 6 rings (SSSR count). The van der Waals surface area contributed by atoms with Crippen LogP contribution in [0.1, 0.15) is 58.3 Å². The summed E-state index contributed by atoms with van der Waals surface area (Å²) in [4.78, 5) is 13.0.